The van der Waals surface area contributed by atoms with E-state index in [4.69, 9.17) is 4.99 Å². The maximum absolute atomic E-state index is 5.52. The van der Waals surface area contributed by atoms with Gasteiger partial charge in [-0.05, 0) is 66.2 Å². The Hall–Kier alpha value is -5.80. The van der Waals surface area contributed by atoms with Crippen molar-refractivity contribution in [1.82, 2.24) is 4.57 Å². The average molecular weight is 622 g/mol. The first-order chi connectivity index (χ1) is 23.5. The SMILES string of the molecule is C=C/C=c1\c(=C(C)C)c(-c2ccccc2C=C)cc2c3ccccc3n(C/N=C(/C3=CC=CC4C=CC=CC34)c3ccccc3N=C)c12. The third kappa shape index (κ3) is 5.28. The molecule has 0 fully saturated rings. The van der Waals surface area contributed by atoms with Gasteiger partial charge >= 0.3 is 0 Å². The lowest BCUT2D eigenvalue weighted by Crippen LogP contribution is -2.31. The van der Waals surface area contributed by atoms with Crippen LogP contribution in [-0.4, -0.2) is 17.0 Å². The molecule has 5 aromatic rings. The number of rotatable bonds is 8. The summed E-state index contributed by atoms with van der Waals surface area (Å²) in [5.74, 6) is 0.476. The summed E-state index contributed by atoms with van der Waals surface area (Å²) in [5.41, 5.74) is 10.9. The third-order valence-electron chi connectivity index (χ3n) is 9.47. The molecular weight excluding hydrogens is 583 g/mol. The van der Waals surface area contributed by atoms with Crippen molar-refractivity contribution in [3.63, 3.8) is 0 Å². The van der Waals surface area contributed by atoms with E-state index in [2.05, 4.69) is 159 Å². The van der Waals surface area contributed by atoms with Crippen LogP contribution in [0.15, 0.2) is 156 Å². The molecule has 0 radical (unpaired) electrons. The summed E-state index contributed by atoms with van der Waals surface area (Å²) in [6.45, 7) is 17.0. The summed E-state index contributed by atoms with van der Waals surface area (Å²) in [4.78, 5) is 9.93. The lowest BCUT2D eigenvalue weighted by Gasteiger charge is -2.28. The predicted octanol–water partition coefficient (Wildman–Crippen LogP) is 9.89. The first-order valence-corrected chi connectivity index (χ1v) is 16.5. The second-order valence-corrected chi connectivity index (χ2v) is 12.5. The standard InChI is InChI=1S/C45H39N3/c1-6-17-38-43(30(3)4)39(33-21-10-8-18-31(33)7-2)28-40-35-23-13-15-27-42(35)48(45(38)40)29-47-44(37-24-12-14-26-41(37)46-5)36-25-16-20-32-19-9-11-22-34(32)36/h6-28,32,34H,1-2,5,29H2,3-4H3/b38-17+,47-44-. The molecule has 3 heteroatoms. The van der Waals surface area contributed by atoms with Gasteiger partial charge < -0.3 is 4.57 Å². The first kappa shape index (κ1) is 30.8. The highest BCUT2D eigenvalue weighted by atomic mass is 15.1. The second-order valence-electron chi connectivity index (χ2n) is 12.5. The minimum absolute atomic E-state index is 0.191. The molecule has 0 spiro atoms. The Morgan fingerprint density at radius 2 is 1.58 bits per heavy atom. The topological polar surface area (TPSA) is 29.6 Å². The summed E-state index contributed by atoms with van der Waals surface area (Å²) in [7, 11) is 0. The number of hydrogen-bond acceptors (Lipinski definition) is 2. The summed E-state index contributed by atoms with van der Waals surface area (Å²) in [5, 5.41) is 4.71. The van der Waals surface area contributed by atoms with Gasteiger partial charge in [0.15, 0.2) is 0 Å². The zero-order valence-corrected chi connectivity index (χ0v) is 27.6. The normalized spacial score (nSPS) is 17.4. The van der Waals surface area contributed by atoms with Gasteiger partial charge in [-0.1, -0.05) is 140 Å². The number of para-hydroxylation sites is 2. The fourth-order valence-corrected chi connectivity index (χ4v) is 7.38. The number of aromatic nitrogens is 1. The highest BCUT2D eigenvalue weighted by Gasteiger charge is 2.27. The van der Waals surface area contributed by atoms with E-state index < -0.39 is 0 Å². The van der Waals surface area contributed by atoms with Gasteiger partial charge in [-0.3, -0.25) is 9.98 Å². The Morgan fingerprint density at radius 1 is 0.833 bits per heavy atom. The summed E-state index contributed by atoms with van der Waals surface area (Å²) in [6.07, 6.45) is 21.4. The lowest BCUT2D eigenvalue weighted by molar-refractivity contribution is 0.641. The van der Waals surface area contributed by atoms with Crippen LogP contribution in [0.2, 0.25) is 0 Å². The molecule has 48 heavy (non-hydrogen) atoms. The van der Waals surface area contributed by atoms with Gasteiger partial charge in [0.2, 0.25) is 0 Å². The van der Waals surface area contributed by atoms with E-state index in [-0.39, 0.29) is 11.8 Å². The van der Waals surface area contributed by atoms with Gasteiger partial charge in [-0.25, -0.2) is 0 Å². The summed E-state index contributed by atoms with van der Waals surface area (Å²) >= 11 is 0. The number of fused-ring (bicyclic) bond motifs is 4. The van der Waals surface area contributed by atoms with Gasteiger partial charge in [-0.15, -0.1) is 0 Å². The predicted molar refractivity (Wildman–Crippen MR) is 208 cm³/mol. The zero-order chi connectivity index (χ0) is 33.2. The molecule has 2 aliphatic carbocycles. The molecule has 0 saturated carbocycles. The van der Waals surface area contributed by atoms with Gasteiger partial charge in [-0.2, -0.15) is 0 Å². The second kappa shape index (κ2) is 13.1. The highest BCUT2D eigenvalue weighted by molar-refractivity contribution is 6.16. The number of benzene rings is 4. The molecule has 0 amide bonds. The molecule has 234 valence electrons. The molecule has 1 heterocycles. The lowest BCUT2D eigenvalue weighted by atomic mass is 9.76. The van der Waals surface area contributed by atoms with Gasteiger partial charge in [0.25, 0.3) is 0 Å². The third-order valence-corrected chi connectivity index (χ3v) is 9.47. The monoisotopic (exact) mass is 621 g/mol. The van der Waals surface area contributed by atoms with E-state index in [0.717, 1.165) is 44.3 Å². The fourth-order valence-electron chi connectivity index (χ4n) is 7.38. The Labute approximate surface area is 282 Å². The molecule has 0 N–H and O–H groups in total. The Morgan fingerprint density at radius 3 is 2.40 bits per heavy atom. The highest BCUT2D eigenvalue weighted by Crippen LogP contribution is 2.36. The Kier molecular flexibility index (Phi) is 8.44. The van der Waals surface area contributed by atoms with E-state index in [1.807, 2.05) is 24.3 Å². The average Bonchev–Trinajstić information content (AvgIpc) is 3.45. The molecule has 0 aliphatic heterocycles. The Bertz CT molecular complexity index is 2400. The molecule has 1 aromatic heterocycles. The van der Waals surface area contributed by atoms with Gasteiger partial charge in [0.1, 0.15) is 6.67 Å². The van der Waals surface area contributed by atoms with Crippen LogP contribution < -0.4 is 10.4 Å². The van der Waals surface area contributed by atoms with Crippen molar-refractivity contribution in [1.29, 1.82) is 0 Å². The molecule has 0 bridgehead atoms. The van der Waals surface area contributed by atoms with E-state index >= 15 is 0 Å². The molecule has 2 unspecified atom stereocenters. The quantitative estimate of drug-likeness (QED) is 0.154. The molecule has 2 atom stereocenters. The summed E-state index contributed by atoms with van der Waals surface area (Å²) < 4.78 is 2.37. The number of aliphatic imine (C=N–C) groups is 2. The molecule has 7 rings (SSSR count). The van der Waals surface area contributed by atoms with Crippen molar-refractivity contribution < 1.29 is 0 Å². The van der Waals surface area contributed by atoms with E-state index in [9.17, 15) is 0 Å². The van der Waals surface area contributed by atoms with Crippen molar-refractivity contribution in [3.8, 4) is 11.1 Å². The largest absolute Gasteiger partial charge is 0.320 e. The minimum atomic E-state index is 0.191. The van der Waals surface area contributed by atoms with Crippen LogP contribution >= 0.6 is 0 Å². The molecule has 3 nitrogen and oxygen atoms in total. The Balaban J connectivity index is 1.54. The summed E-state index contributed by atoms with van der Waals surface area (Å²) in [6, 6.07) is 27.7. The molecule has 4 aromatic carbocycles. The zero-order valence-electron chi connectivity index (χ0n) is 27.6. The maximum atomic E-state index is 5.52. The van der Waals surface area contributed by atoms with Crippen LogP contribution in [0.3, 0.4) is 0 Å². The molecule has 2 aliphatic rings. The number of nitrogens with zero attached hydrogens (tertiary/aromatic N) is 3. The van der Waals surface area contributed by atoms with Crippen LogP contribution in [0.4, 0.5) is 5.69 Å². The van der Waals surface area contributed by atoms with Crippen LogP contribution in [0, 0.1) is 11.8 Å². The van der Waals surface area contributed by atoms with E-state index in [1.165, 1.54) is 32.7 Å². The van der Waals surface area contributed by atoms with Crippen LogP contribution in [0.1, 0.15) is 25.0 Å². The van der Waals surface area contributed by atoms with Crippen molar-refractivity contribution >= 4 is 57.6 Å². The van der Waals surface area contributed by atoms with Crippen molar-refractivity contribution in [3.05, 3.63) is 168 Å². The minimum Gasteiger partial charge on any atom is -0.320 e. The molecule has 0 saturated heterocycles. The van der Waals surface area contributed by atoms with Crippen molar-refractivity contribution in [2.75, 3.05) is 0 Å². The number of allylic oxidation sites excluding steroid dienone is 9. The van der Waals surface area contributed by atoms with Crippen molar-refractivity contribution in [2.24, 2.45) is 21.8 Å². The van der Waals surface area contributed by atoms with Crippen LogP contribution in [0.25, 0.3) is 50.7 Å². The number of hydrogen-bond donors (Lipinski definition) is 0. The molecular formula is C45H39N3. The van der Waals surface area contributed by atoms with Crippen molar-refractivity contribution in [2.45, 2.75) is 20.5 Å². The smallest absolute Gasteiger partial charge is 0.115 e. The van der Waals surface area contributed by atoms with E-state index in [1.54, 1.807) is 0 Å². The fraction of sp³-hybridized carbons (Fsp3) is 0.111. The van der Waals surface area contributed by atoms with E-state index in [0.29, 0.717) is 6.67 Å². The van der Waals surface area contributed by atoms with Crippen LogP contribution in [0.5, 0.6) is 0 Å². The first-order valence-electron chi connectivity index (χ1n) is 16.5. The van der Waals surface area contributed by atoms with Gasteiger partial charge in [0, 0.05) is 33.4 Å². The van der Waals surface area contributed by atoms with Crippen LogP contribution in [-0.2, 0) is 6.67 Å². The maximum Gasteiger partial charge on any atom is 0.115 e. The van der Waals surface area contributed by atoms with Gasteiger partial charge in [0.05, 0.1) is 22.4 Å².